The van der Waals surface area contributed by atoms with Gasteiger partial charge in [-0.05, 0) is 18.6 Å². The summed E-state index contributed by atoms with van der Waals surface area (Å²) in [4.78, 5) is 37.8. The highest BCUT2D eigenvalue weighted by atomic mass is 16.5. The number of hydrogen-bond donors (Lipinski definition) is 0. The molecule has 0 amide bonds. The zero-order chi connectivity index (χ0) is 20.3. The van der Waals surface area contributed by atoms with E-state index in [1.165, 1.54) is 14.2 Å². The summed E-state index contributed by atoms with van der Waals surface area (Å²) >= 11 is 0. The molecule has 2 aromatic carbocycles. The average molecular weight is 384 g/mol. The van der Waals surface area contributed by atoms with Crippen molar-refractivity contribution in [1.82, 2.24) is 0 Å². The van der Waals surface area contributed by atoms with E-state index in [1.54, 1.807) is 30.3 Å². The lowest BCUT2D eigenvalue weighted by Crippen LogP contribution is -2.18. The van der Waals surface area contributed by atoms with E-state index in [2.05, 4.69) is 0 Å². The molecule has 1 heterocycles. The Labute approximate surface area is 160 Å². The largest absolute Gasteiger partial charge is 0.493 e. The van der Waals surface area contributed by atoms with Crippen LogP contribution in [-0.4, -0.2) is 32.8 Å². The number of fused-ring (bicyclic) bond motifs is 3. The van der Waals surface area contributed by atoms with Gasteiger partial charge in [0.25, 0.3) is 0 Å². The molecule has 0 radical (unpaired) electrons. The summed E-state index contributed by atoms with van der Waals surface area (Å²) in [6.45, 7) is 2.34. The van der Waals surface area contributed by atoms with Gasteiger partial charge >= 0.3 is 17.6 Å². The van der Waals surface area contributed by atoms with Gasteiger partial charge in [0.1, 0.15) is 16.9 Å². The van der Waals surface area contributed by atoms with Gasteiger partial charge in [-0.3, -0.25) is 0 Å². The quantitative estimate of drug-likeness (QED) is 0.277. The molecule has 3 aromatic rings. The van der Waals surface area contributed by atoms with Gasteiger partial charge in [-0.1, -0.05) is 31.5 Å². The Hall–Kier alpha value is -3.35. The monoisotopic (exact) mass is 384 g/mol. The van der Waals surface area contributed by atoms with Crippen molar-refractivity contribution in [2.24, 2.45) is 0 Å². The number of rotatable bonds is 6. The molecule has 3 rings (SSSR count). The highest BCUT2D eigenvalue weighted by molar-refractivity contribution is 6.18. The summed E-state index contributed by atoms with van der Waals surface area (Å²) in [5.41, 5.74) is -0.765. The zero-order valence-corrected chi connectivity index (χ0v) is 15.9. The second kappa shape index (κ2) is 8.12. The van der Waals surface area contributed by atoms with Gasteiger partial charge in [-0.15, -0.1) is 0 Å². The highest BCUT2D eigenvalue weighted by Crippen LogP contribution is 2.34. The summed E-state index contributed by atoms with van der Waals surface area (Å²) < 4.78 is 20.8. The van der Waals surface area contributed by atoms with Crippen LogP contribution in [-0.2, 0) is 9.47 Å². The van der Waals surface area contributed by atoms with Crippen molar-refractivity contribution in [2.75, 3.05) is 20.8 Å². The number of para-hydroxylation sites is 1. The number of carbonyl (C=O) groups excluding carboxylic acids is 2. The van der Waals surface area contributed by atoms with E-state index in [9.17, 15) is 14.4 Å². The van der Waals surface area contributed by atoms with Crippen LogP contribution < -0.4 is 10.4 Å². The molecule has 0 unspecified atom stereocenters. The third-order valence-corrected chi connectivity index (χ3v) is 4.41. The molecular formula is C21H20O7. The van der Waals surface area contributed by atoms with Gasteiger partial charge < -0.3 is 18.6 Å². The smallest absolute Gasteiger partial charge is 0.345 e. The molecule has 0 saturated heterocycles. The van der Waals surface area contributed by atoms with Crippen molar-refractivity contribution >= 4 is 33.7 Å². The minimum absolute atomic E-state index is 0.0474. The SMILES string of the molecule is CCCCOc1cc2c(c(C(=O)OC)c1C(=O)OC)c(=O)oc1ccccc12. The van der Waals surface area contributed by atoms with Crippen LogP contribution in [0.15, 0.2) is 39.5 Å². The Morgan fingerprint density at radius 3 is 2.36 bits per heavy atom. The first-order valence-corrected chi connectivity index (χ1v) is 8.85. The summed E-state index contributed by atoms with van der Waals surface area (Å²) in [5.74, 6) is -1.50. The summed E-state index contributed by atoms with van der Waals surface area (Å²) in [6.07, 6.45) is 1.64. The molecule has 1 aromatic heterocycles. The molecule has 28 heavy (non-hydrogen) atoms. The highest BCUT2D eigenvalue weighted by Gasteiger charge is 2.29. The van der Waals surface area contributed by atoms with Crippen molar-refractivity contribution in [3.8, 4) is 5.75 Å². The number of hydrogen-bond acceptors (Lipinski definition) is 7. The summed E-state index contributed by atoms with van der Waals surface area (Å²) in [5, 5.41) is 0.999. The van der Waals surface area contributed by atoms with Gasteiger partial charge in [0, 0.05) is 10.8 Å². The van der Waals surface area contributed by atoms with Crippen molar-refractivity contribution < 1.29 is 28.2 Å². The van der Waals surface area contributed by atoms with E-state index in [-0.39, 0.29) is 22.3 Å². The lowest BCUT2D eigenvalue weighted by atomic mass is 9.97. The number of unbranched alkanes of at least 4 members (excludes halogenated alkanes) is 1. The second-order valence-corrected chi connectivity index (χ2v) is 6.12. The molecular weight excluding hydrogens is 364 g/mol. The molecule has 0 saturated carbocycles. The normalized spacial score (nSPS) is 10.8. The summed E-state index contributed by atoms with van der Waals surface area (Å²) in [6, 6.07) is 8.50. The Balaban J connectivity index is 2.48. The predicted octanol–water partition coefficient (Wildman–Crippen LogP) is 3.70. The Morgan fingerprint density at radius 2 is 1.68 bits per heavy atom. The molecule has 0 N–H and O–H groups in total. The van der Waals surface area contributed by atoms with Gasteiger partial charge in [0.2, 0.25) is 0 Å². The maximum absolute atomic E-state index is 12.7. The predicted molar refractivity (Wildman–Crippen MR) is 103 cm³/mol. The van der Waals surface area contributed by atoms with E-state index < -0.39 is 17.6 Å². The maximum Gasteiger partial charge on any atom is 0.345 e. The molecule has 0 bridgehead atoms. The average Bonchev–Trinajstić information content (AvgIpc) is 2.72. The van der Waals surface area contributed by atoms with Crippen LogP contribution in [0.5, 0.6) is 5.75 Å². The van der Waals surface area contributed by atoms with Crippen LogP contribution in [0, 0.1) is 0 Å². The van der Waals surface area contributed by atoms with Crippen molar-refractivity contribution in [1.29, 1.82) is 0 Å². The molecule has 0 spiro atoms. The minimum Gasteiger partial charge on any atom is -0.493 e. The topological polar surface area (TPSA) is 92.0 Å². The lowest BCUT2D eigenvalue weighted by molar-refractivity contribution is 0.0552. The summed E-state index contributed by atoms with van der Waals surface area (Å²) in [7, 11) is 2.36. The molecule has 0 atom stereocenters. The van der Waals surface area contributed by atoms with E-state index in [1.807, 2.05) is 6.92 Å². The number of benzene rings is 2. The van der Waals surface area contributed by atoms with Crippen LogP contribution in [0.2, 0.25) is 0 Å². The zero-order valence-electron chi connectivity index (χ0n) is 15.9. The molecule has 0 fully saturated rings. The van der Waals surface area contributed by atoms with E-state index in [0.29, 0.717) is 23.0 Å². The second-order valence-electron chi connectivity index (χ2n) is 6.12. The first-order chi connectivity index (χ1) is 13.5. The van der Waals surface area contributed by atoms with Crippen molar-refractivity contribution in [3.05, 3.63) is 51.9 Å². The van der Waals surface area contributed by atoms with Crippen molar-refractivity contribution in [2.45, 2.75) is 19.8 Å². The number of esters is 2. The number of carbonyl (C=O) groups is 2. The molecule has 0 aliphatic rings. The molecule has 0 aliphatic heterocycles. The van der Waals surface area contributed by atoms with E-state index in [4.69, 9.17) is 18.6 Å². The van der Waals surface area contributed by atoms with Gasteiger partial charge in [0.15, 0.2) is 0 Å². The fraction of sp³-hybridized carbons (Fsp3) is 0.286. The fourth-order valence-electron chi connectivity index (χ4n) is 3.06. The first kappa shape index (κ1) is 19.4. The maximum atomic E-state index is 12.7. The van der Waals surface area contributed by atoms with E-state index in [0.717, 1.165) is 12.8 Å². The van der Waals surface area contributed by atoms with E-state index >= 15 is 0 Å². The van der Waals surface area contributed by atoms with Crippen LogP contribution in [0.4, 0.5) is 0 Å². The third kappa shape index (κ3) is 3.31. The molecule has 146 valence electrons. The lowest BCUT2D eigenvalue weighted by Gasteiger charge is -2.16. The van der Waals surface area contributed by atoms with Crippen LogP contribution in [0.1, 0.15) is 40.5 Å². The standard InChI is InChI=1S/C21H20O7/c1-4-5-10-27-15-11-13-12-8-6-7-9-14(12)28-21(24)16(13)18(20(23)26-3)17(15)19(22)25-2/h6-9,11H,4-5,10H2,1-3H3. The minimum atomic E-state index is -0.853. The van der Waals surface area contributed by atoms with Crippen LogP contribution in [0.25, 0.3) is 21.7 Å². The number of ether oxygens (including phenoxy) is 3. The third-order valence-electron chi connectivity index (χ3n) is 4.41. The Kier molecular flexibility index (Phi) is 5.63. The van der Waals surface area contributed by atoms with Crippen LogP contribution in [0.3, 0.4) is 0 Å². The van der Waals surface area contributed by atoms with Gasteiger partial charge in [-0.25, -0.2) is 14.4 Å². The fourth-order valence-corrected chi connectivity index (χ4v) is 3.06. The van der Waals surface area contributed by atoms with Crippen molar-refractivity contribution in [3.63, 3.8) is 0 Å². The molecule has 7 heteroatoms. The van der Waals surface area contributed by atoms with Gasteiger partial charge in [0.05, 0.1) is 31.8 Å². The Morgan fingerprint density at radius 1 is 1.00 bits per heavy atom. The first-order valence-electron chi connectivity index (χ1n) is 8.85. The number of methoxy groups -OCH3 is 2. The molecule has 7 nitrogen and oxygen atoms in total. The van der Waals surface area contributed by atoms with Crippen LogP contribution >= 0.6 is 0 Å². The van der Waals surface area contributed by atoms with Gasteiger partial charge in [-0.2, -0.15) is 0 Å². The molecule has 0 aliphatic carbocycles. The Bertz CT molecular complexity index is 1110.